The highest BCUT2D eigenvalue weighted by molar-refractivity contribution is 5.96. The van der Waals surface area contributed by atoms with Crippen molar-refractivity contribution in [2.24, 2.45) is 0 Å². The van der Waals surface area contributed by atoms with Crippen LogP contribution in [0, 0.1) is 27.2 Å². The van der Waals surface area contributed by atoms with Gasteiger partial charge in [-0.1, -0.05) is 6.07 Å². The summed E-state index contributed by atoms with van der Waals surface area (Å²) in [5, 5.41) is 27.2. The first-order valence-electron chi connectivity index (χ1n) is 7.43. The number of anilines is 2. The van der Waals surface area contributed by atoms with Gasteiger partial charge in [-0.2, -0.15) is 0 Å². The van der Waals surface area contributed by atoms with E-state index in [1.165, 1.54) is 37.4 Å². The third-order valence-electron chi connectivity index (χ3n) is 3.55. The Morgan fingerprint density at radius 3 is 2.42 bits per heavy atom. The highest BCUT2D eigenvalue weighted by Gasteiger charge is 2.17. The standard InChI is InChI=1S/C16H16N4O6/c1-10-3-4-11(19(22)23)7-14(10)17-9-16(21)18-13-6-5-12(26-2)8-15(13)20(24)25/h3-8,17H,9H2,1-2H3,(H,18,21). The topological polar surface area (TPSA) is 137 Å². The quantitative estimate of drug-likeness (QED) is 0.572. The molecule has 10 nitrogen and oxygen atoms in total. The molecule has 0 heterocycles. The number of carbonyl (C=O) groups excluding carboxylic acids is 1. The van der Waals surface area contributed by atoms with Gasteiger partial charge in [0.1, 0.15) is 11.4 Å². The van der Waals surface area contributed by atoms with Crippen molar-refractivity contribution in [2.75, 3.05) is 24.3 Å². The number of nitro groups is 2. The van der Waals surface area contributed by atoms with E-state index in [0.717, 1.165) is 5.56 Å². The second kappa shape index (κ2) is 7.92. The molecule has 0 saturated carbocycles. The van der Waals surface area contributed by atoms with Crippen LogP contribution in [-0.4, -0.2) is 29.4 Å². The zero-order valence-electron chi connectivity index (χ0n) is 14.0. The molecule has 26 heavy (non-hydrogen) atoms. The Hall–Kier alpha value is -3.69. The second-order valence-corrected chi connectivity index (χ2v) is 5.30. The van der Waals surface area contributed by atoms with E-state index in [-0.39, 0.29) is 23.6 Å². The smallest absolute Gasteiger partial charge is 0.296 e. The van der Waals surface area contributed by atoms with Crippen molar-refractivity contribution in [3.8, 4) is 5.75 Å². The first-order valence-corrected chi connectivity index (χ1v) is 7.43. The summed E-state index contributed by atoms with van der Waals surface area (Å²) in [6, 6.07) is 8.30. The lowest BCUT2D eigenvalue weighted by molar-refractivity contribution is -0.384. The van der Waals surface area contributed by atoms with Crippen molar-refractivity contribution in [3.63, 3.8) is 0 Å². The van der Waals surface area contributed by atoms with Gasteiger partial charge < -0.3 is 15.4 Å². The number of amides is 1. The van der Waals surface area contributed by atoms with Gasteiger partial charge in [0.2, 0.25) is 5.91 Å². The fraction of sp³-hybridized carbons (Fsp3) is 0.188. The number of rotatable bonds is 7. The summed E-state index contributed by atoms with van der Waals surface area (Å²) in [6.07, 6.45) is 0. The van der Waals surface area contributed by atoms with Gasteiger partial charge in [-0.3, -0.25) is 25.0 Å². The molecule has 2 rings (SSSR count). The van der Waals surface area contributed by atoms with E-state index in [1.807, 2.05) is 0 Å². The maximum absolute atomic E-state index is 12.1. The summed E-state index contributed by atoms with van der Waals surface area (Å²) in [4.78, 5) is 32.9. The van der Waals surface area contributed by atoms with Crippen molar-refractivity contribution < 1.29 is 19.4 Å². The minimum Gasteiger partial charge on any atom is -0.496 e. The molecule has 0 spiro atoms. The van der Waals surface area contributed by atoms with E-state index >= 15 is 0 Å². The number of ether oxygens (including phenoxy) is 1. The number of non-ortho nitro benzene ring substituents is 1. The number of nitrogens with zero attached hydrogens (tertiary/aromatic N) is 2. The lowest BCUT2D eigenvalue weighted by atomic mass is 10.2. The van der Waals surface area contributed by atoms with Crippen LogP contribution >= 0.6 is 0 Å². The summed E-state index contributed by atoms with van der Waals surface area (Å²) in [5.41, 5.74) is 0.768. The summed E-state index contributed by atoms with van der Waals surface area (Å²) < 4.78 is 4.93. The Morgan fingerprint density at radius 2 is 1.81 bits per heavy atom. The third-order valence-corrected chi connectivity index (χ3v) is 3.55. The number of aryl methyl sites for hydroxylation is 1. The van der Waals surface area contributed by atoms with E-state index in [9.17, 15) is 25.0 Å². The van der Waals surface area contributed by atoms with Crippen LogP contribution in [0.4, 0.5) is 22.7 Å². The average Bonchev–Trinajstić information content (AvgIpc) is 2.60. The van der Waals surface area contributed by atoms with Gasteiger partial charge >= 0.3 is 0 Å². The highest BCUT2D eigenvalue weighted by Crippen LogP contribution is 2.29. The van der Waals surface area contributed by atoms with Crippen molar-refractivity contribution in [2.45, 2.75) is 6.92 Å². The molecule has 136 valence electrons. The molecule has 0 aromatic heterocycles. The van der Waals surface area contributed by atoms with Crippen LogP contribution < -0.4 is 15.4 Å². The van der Waals surface area contributed by atoms with Crippen LogP contribution in [0.2, 0.25) is 0 Å². The molecular formula is C16H16N4O6. The Kier molecular flexibility index (Phi) is 5.68. The number of benzene rings is 2. The molecule has 2 N–H and O–H groups in total. The average molecular weight is 360 g/mol. The Bertz CT molecular complexity index is 868. The van der Waals surface area contributed by atoms with Crippen molar-refractivity contribution in [1.82, 2.24) is 0 Å². The lowest BCUT2D eigenvalue weighted by Gasteiger charge is -2.10. The summed E-state index contributed by atoms with van der Waals surface area (Å²) in [6.45, 7) is 1.52. The van der Waals surface area contributed by atoms with Crippen LogP contribution in [0.5, 0.6) is 5.75 Å². The monoisotopic (exact) mass is 360 g/mol. The number of carbonyl (C=O) groups is 1. The highest BCUT2D eigenvalue weighted by atomic mass is 16.6. The molecule has 2 aromatic carbocycles. The van der Waals surface area contributed by atoms with Gasteiger partial charge in [-0.15, -0.1) is 0 Å². The predicted octanol–water partition coefficient (Wildman–Crippen LogP) is 2.87. The Morgan fingerprint density at radius 1 is 1.08 bits per heavy atom. The zero-order chi connectivity index (χ0) is 19.3. The molecule has 2 aromatic rings. The predicted molar refractivity (Wildman–Crippen MR) is 94.6 cm³/mol. The van der Waals surface area contributed by atoms with E-state index < -0.39 is 15.8 Å². The molecule has 0 aliphatic heterocycles. The minimum atomic E-state index is -0.629. The van der Waals surface area contributed by atoms with Gasteiger partial charge in [0, 0.05) is 17.8 Å². The first-order chi connectivity index (χ1) is 12.3. The number of hydrogen-bond acceptors (Lipinski definition) is 7. The van der Waals surface area contributed by atoms with Gasteiger partial charge in [-0.25, -0.2) is 0 Å². The number of hydrogen-bond donors (Lipinski definition) is 2. The maximum atomic E-state index is 12.1. The fourth-order valence-corrected chi connectivity index (χ4v) is 2.18. The van der Waals surface area contributed by atoms with Crippen LogP contribution in [0.25, 0.3) is 0 Å². The van der Waals surface area contributed by atoms with Gasteiger partial charge in [0.05, 0.1) is 29.6 Å². The van der Waals surface area contributed by atoms with Crippen molar-refractivity contribution in [3.05, 3.63) is 62.2 Å². The lowest BCUT2D eigenvalue weighted by Crippen LogP contribution is -2.22. The summed E-state index contributed by atoms with van der Waals surface area (Å²) >= 11 is 0. The number of methoxy groups -OCH3 is 1. The van der Waals surface area contributed by atoms with Gasteiger partial charge in [0.25, 0.3) is 11.4 Å². The maximum Gasteiger partial charge on any atom is 0.296 e. The zero-order valence-corrected chi connectivity index (χ0v) is 14.0. The minimum absolute atomic E-state index is 0.0263. The fourth-order valence-electron chi connectivity index (χ4n) is 2.18. The van der Waals surface area contributed by atoms with E-state index in [2.05, 4.69) is 10.6 Å². The SMILES string of the molecule is COc1ccc(NC(=O)CNc2cc([N+](=O)[O-])ccc2C)c([N+](=O)[O-])c1. The molecule has 0 bridgehead atoms. The van der Waals surface area contributed by atoms with E-state index in [1.54, 1.807) is 13.0 Å². The van der Waals surface area contributed by atoms with Crippen LogP contribution in [0.15, 0.2) is 36.4 Å². The molecule has 0 aliphatic rings. The molecule has 0 unspecified atom stereocenters. The largest absolute Gasteiger partial charge is 0.496 e. The molecule has 0 atom stereocenters. The Balaban J connectivity index is 2.09. The first kappa shape index (κ1) is 18.6. The van der Waals surface area contributed by atoms with Crippen LogP contribution in [-0.2, 0) is 4.79 Å². The molecular weight excluding hydrogens is 344 g/mol. The van der Waals surface area contributed by atoms with E-state index in [0.29, 0.717) is 11.4 Å². The van der Waals surface area contributed by atoms with Gasteiger partial charge in [0.15, 0.2) is 0 Å². The van der Waals surface area contributed by atoms with Crippen molar-refractivity contribution >= 4 is 28.7 Å². The summed E-state index contributed by atoms with van der Waals surface area (Å²) in [7, 11) is 1.38. The Labute approximate surface area is 148 Å². The molecule has 1 amide bonds. The molecule has 0 fully saturated rings. The van der Waals surface area contributed by atoms with E-state index in [4.69, 9.17) is 4.74 Å². The molecule has 0 radical (unpaired) electrons. The number of nitrogens with one attached hydrogen (secondary N) is 2. The number of nitro benzene ring substituents is 2. The van der Waals surface area contributed by atoms with Crippen LogP contribution in [0.3, 0.4) is 0 Å². The molecule has 0 aliphatic carbocycles. The van der Waals surface area contributed by atoms with Gasteiger partial charge in [-0.05, 0) is 24.6 Å². The molecule has 10 heteroatoms. The molecule has 0 saturated heterocycles. The normalized spacial score (nSPS) is 10.1. The third kappa shape index (κ3) is 4.44. The van der Waals surface area contributed by atoms with Crippen LogP contribution in [0.1, 0.15) is 5.56 Å². The second-order valence-electron chi connectivity index (χ2n) is 5.30. The van der Waals surface area contributed by atoms with Crippen molar-refractivity contribution in [1.29, 1.82) is 0 Å². The summed E-state index contributed by atoms with van der Waals surface area (Å²) in [5.74, 6) is -0.246.